The lowest BCUT2D eigenvalue weighted by atomic mass is 10.0. The average molecular weight is 345 g/mol. The number of carbonyl (C=O) groups excluding carboxylic acids is 3. The third kappa shape index (κ3) is 3.05. The second-order valence-corrected chi connectivity index (χ2v) is 6.49. The lowest BCUT2D eigenvalue weighted by Crippen LogP contribution is -2.53. The lowest BCUT2D eigenvalue weighted by Gasteiger charge is -2.38. The van der Waals surface area contributed by atoms with Crippen LogP contribution in [0.3, 0.4) is 0 Å². The predicted octanol–water partition coefficient (Wildman–Crippen LogP) is 0.369. The summed E-state index contributed by atoms with van der Waals surface area (Å²) in [7, 11) is 0. The van der Waals surface area contributed by atoms with Gasteiger partial charge in [0.2, 0.25) is 0 Å². The highest BCUT2D eigenvalue weighted by molar-refractivity contribution is 6.44. The SMILES string of the molecule is O=C1NC(=O)N([C@H]2CCCN(C[C@H]3COc4ccccc4O3)C2)C1=O. The second-order valence-electron chi connectivity index (χ2n) is 6.49. The summed E-state index contributed by atoms with van der Waals surface area (Å²) in [5.41, 5.74) is 0. The van der Waals surface area contributed by atoms with Crippen LogP contribution >= 0.6 is 0 Å². The molecule has 4 rings (SSSR count). The minimum Gasteiger partial charge on any atom is -0.486 e. The molecular formula is C17H19N3O5. The number of nitrogens with one attached hydrogen (secondary N) is 1. The largest absolute Gasteiger partial charge is 0.486 e. The highest BCUT2D eigenvalue weighted by Gasteiger charge is 2.42. The van der Waals surface area contributed by atoms with E-state index < -0.39 is 17.8 Å². The summed E-state index contributed by atoms with van der Waals surface area (Å²) < 4.78 is 11.7. The van der Waals surface area contributed by atoms with E-state index in [-0.39, 0.29) is 12.1 Å². The molecule has 8 nitrogen and oxygen atoms in total. The minimum absolute atomic E-state index is 0.113. The molecule has 3 heterocycles. The van der Waals surface area contributed by atoms with E-state index in [4.69, 9.17) is 9.47 Å². The van der Waals surface area contributed by atoms with E-state index in [2.05, 4.69) is 10.2 Å². The zero-order valence-corrected chi connectivity index (χ0v) is 13.6. The molecule has 0 unspecified atom stereocenters. The Morgan fingerprint density at radius 1 is 1.16 bits per heavy atom. The van der Waals surface area contributed by atoms with Gasteiger partial charge in [-0.15, -0.1) is 0 Å². The number of likely N-dealkylation sites (tertiary alicyclic amines) is 1. The molecule has 0 bridgehead atoms. The van der Waals surface area contributed by atoms with Crippen LogP contribution in [-0.4, -0.2) is 66.0 Å². The van der Waals surface area contributed by atoms with Gasteiger partial charge in [0.25, 0.3) is 0 Å². The third-order valence-corrected chi connectivity index (χ3v) is 4.73. The van der Waals surface area contributed by atoms with Gasteiger partial charge in [-0.1, -0.05) is 12.1 Å². The molecule has 0 aromatic heterocycles. The topological polar surface area (TPSA) is 88.2 Å². The number of fused-ring (bicyclic) bond motifs is 1. The minimum atomic E-state index is -0.845. The number of amides is 4. The Bertz CT molecular complexity index is 722. The van der Waals surface area contributed by atoms with Crippen molar-refractivity contribution in [3.8, 4) is 11.5 Å². The average Bonchev–Trinajstić information content (AvgIpc) is 2.87. The van der Waals surface area contributed by atoms with Gasteiger partial charge in [-0.25, -0.2) is 4.79 Å². The van der Waals surface area contributed by atoms with Crippen molar-refractivity contribution in [3.05, 3.63) is 24.3 Å². The summed E-state index contributed by atoms with van der Waals surface area (Å²) in [6, 6.07) is 6.64. The summed E-state index contributed by atoms with van der Waals surface area (Å²) in [5.74, 6) is -0.133. The normalized spacial score (nSPS) is 26.7. The molecule has 2 saturated heterocycles. The van der Waals surface area contributed by atoms with Crippen molar-refractivity contribution < 1.29 is 23.9 Å². The van der Waals surface area contributed by atoms with Crippen LogP contribution < -0.4 is 14.8 Å². The number of carbonyl (C=O) groups is 3. The van der Waals surface area contributed by atoms with Gasteiger partial charge in [-0.05, 0) is 31.5 Å². The van der Waals surface area contributed by atoms with Gasteiger partial charge in [0.05, 0.1) is 6.04 Å². The third-order valence-electron chi connectivity index (χ3n) is 4.73. The summed E-state index contributed by atoms with van der Waals surface area (Å²) in [6.45, 7) is 2.49. The number of urea groups is 1. The van der Waals surface area contributed by atoms with Crippen molar-refractivity contribution >= 4 is 17.8 Å². The summed E-state index contributed by atoms with van der Waals surface area (Å²) in [6.07, 6.45) is 1.44. The van der Waals surface area contributed by atoms with E-state index in [0.717, 1.165) is 29.4 Å². The monoisotopic (exact) mass is 345 g/mol. The highest BCUT2D eigenvalue weighted by Crippen LogP contribution is 2.31. The number of para-hydroxylation sites is 2. The van der Waals surface area contributed by atoms with Crippen molar-refractivity contribution in [2.75, 3.05) is 26.2 Å². The molecule has 0 radical (unpaired) electrons. The Hall–Kier alpha value is -2.61. The maximum Gasteiger partial charge on any atom is 0.331 e. The van der Waals surface area contributed by atoms with Gasteiger partial charge in [0.1, 0.15) is 12.7 Å². The van der Waals surface area contributed by atoms with Crippen LogP contribution in [0.15, 0.2) is 24.3 Å². The van der Waals surface area contributed by atoms with Crippen molar-refractivity contribution in [2.24, 2.45) is 0 Å². The first-order valence-corrected chi connectivity index (χ1v) is 8.41. The second kappa shape index (κ2) is 6.36. The van der Waals surface area contributed by atoms with Crippen LogP contribution in [-0.2, 0) is 9.59 Å². The van der Waals surface area contributed by atoms with E-state index in [1.54, 1.807) is 0 Å². The number of benzene rings is 1. The molecule has 2 fully saturated rings. The Balaban J connectivity index is 1.38. The molecule has 4 amide bonds. The van der Waals surface area contributed by atoms with Crippen LogP contribution in [0, 0.1) is 0 Å². The van der Waals surface area contributed by atoms with Crippen LogP contribution in [0.4, 0.5) is 4.79 Å². The van der Waals surface area contributed by atoms with E-state index >= 15 is 0 Å². The molecule has 1 aromatic rings. The van der Waals surface area contributed by atoms with Gasteiger partial charge in [0, 0.05) is 13.1 Å². The zero-order valence-electron chi connectivity index (χ0n) is 13.6. The first-order chi connectivity index (χ1) is 12.1. The predicted molar refractivity (Wildman–Crippen MR) is 86.2 cm³/mol. The number of hydrogen-bond donors (Lipinski definition) is 1. The van der Waals surface area contributed by atoms with Gasteiger partial charge in [-0.2, -0.15) is 0 Å². The van der Waals surface area contributed by atoms with Gasteiger partial charge >= 0.3 is 17.8 Å². The fourth-order valence-electron chi connectivity index (χ4n) is 3.59. The fraction of sp³-hybridized carbons (Fsp3) is 0.471. The fourth-order valence-corrected chi connectivity index (χ4v) is 3.59. The van der Waals surface area contributed by atoms with E-state index in [0.29, 0.717) is 26.1 Å². The molecule has 25 heavy (non-hydrogen) atoms. The molecule has 3 aliphatic heterocycles. The molecule has 0 saturated carbocycles. The molecule has 0 aliphatic carbocycles. The molecule has 2 atom stereocenters. The smallest absolute Gasteiger partial charge is 0.331 e. The molecular weight excluding hydrogens is 326 g/mol. The van der Waals surface area contributed by atoms with Crippen LogP contribution in [0.1, 0.15) is 12.8 Å². The standard InChI is InChI=1S/C17H19N3O5/c21-15-16(22)20(17(23)18-15)11-4-3-7-19(8-11)9-12-10-24-13-5-1-2-6-14(13)25-12/h1-2,5-6,11-12H,3-4,7-10H2,(H,18,21,23)/t11-,12-/m0/s1. The number of ether oxygens (including phenoxy) is 2. The molecule has 132 valence electrons. The summed E-state index contributed by atoms with van der Waals surface area (Å²) in [4.78, 5) is 38.3. The zero-order chi connectivity index (χ0) is 17.4. The summed E-state index contributed by atoms with van der Waals surface area (Å²) in [5, 5.41) is 2.06. The van der Waals surface area contributed by atoms with E-state index in [9.17, 15) is 14.4 Å². The molecule has 8 heteroatoms. The highest BCUT2D eigenvalue weighted by atomic mass is 16.6. The van der Waals surface area contributed by atoms with Gasteiger partial charge in [-0.3, -0.25) is 24.7 Å². The number of piperidine rings is 1. The Kier molecular flexibility index (Phi) is 4.04. The Labute approximate surface area is 144 Å². The van der Waals surface area contributed by atoms with Crippen LogP contribution in [0.5, 0.6) is 11.5 Å². The maximum atomic E-state index is 11.9. The number of rotatable bonds is 3. The summed E-state index contributed by atoms with van der Waals surface area (Å²) >= 11 is 0. The quantitative estimate of drug-likeness (QED) is 0.629. The Morgan fingerprint density at radius 2 is 1.96 bits per heavy atom. The van der Waals surface area contributed by atoms with Crippen molar-refractivity contribution in [1.29, 1.82) is 0 Å². The molecule has 1 N–H and O–H groups in total. The number of imide groups is 2. The number of hydrogen-bond acceptors (Lipinski definition) is 6. The Morgan fingerprint density at radius 3 is 2.72 bits per heavy atom. The molecule has 3 aliphatic rings. The molecule has 0 spiro atoms. The van der Waals surface area contributed by atoms with Crippen molar-refractivity contribution in [1.82, 2.24) is 15.1 Å². The van der Waals surface area contributed by atoms with Crippen LogP contribution in [0.25, 0.3) is 0 Å². The van der Waals surface area contributed by atoms with Gasteiger partial charge < -0.3 is 9.47 Å². The number of nitrogens with zero attached hydrogens (tertiary/aromatic N) is 2. The first kappa shape index (κ1) is 15.9. The van der Waals surface area contributed by atoms with Crippen LogP contribution in [0.2, 0.25) is 0 Å². The lowest BCUT2D eigenvalue weighted by molar-refractivity contribution is -0.141. The van der Waals surface area contributed by atoms with Crippen molar-refractivity contribution in [3.63, 3.8) is 0 Å². The van der Waals surface area contributed by atoms with Gasteiger partial charge in [0.15, 0.2) is 11.5 Å². The molecule has 1 aromatic carbocycles. The first-order valence-electron chi connectivity index (χ1n) is 8.41. The van der Waals surface area contributed by atoms with E-state index in [1.807, 2.05) is 24.3 Å². The van der Waals surface area contributed by atoms with Crippen molar-refractivity contribution in [2.45, 2.75) is 25.0 Å². The maximum absolute atomic E-state index is 11.9. The van der Waals surface area contributed by atoms with E-state index in [1.165, 1.54) is 0 Å².